The predicted molar refractivity (Wildman–Crippen MR) is 44.8 cm³/mol. The quantitative estimate of drug-likeness (QED) is 0.577. The predicted octanol–water partition coefficient (Wildman–Crippen LogP) is 2.68. The molecule has 0 radical (unpaired) electrons. The van der Waals surface area contributed by atoms with E-state index in [4.69, 9.17) is 10.7 Å². The molecule has 94 valence electrons. The zero-order valence-electron chi connectivity index (χ0n) is 7.61. The lowest BCUT2D eigenvalue weighted by Gasteiger charge is -2.69. The van der Waals surface area contributed by atoms with Crippen LogP contribution in [0.25, 0.3) is 0 Å². The van der Waals surface area contributed by atoms with Crippen molar-refractivity contribution in [2.24, 2.45) is 5.41 Å². The van der Waals surface area contributed by atoms with Crippen molar-refractivity contribution in [3.63, 3.8) is 0 Å². The SMILES string of the molecule is O=S(=O)(Cl)C12CC(C(F)(F)C(F)(F)F)(C1)C2. The molecule has 3 aliphatic rings. The lowest BCUT2D eigenvalue weighted by molar-refractivity contribution is -0.374. The van der Waals surface area contributed by atoms with Crippen molar-refractivity contribution in [1.29, 1.82) is 0 Å². The smallest absolute Gasteiger partial charge is 0.212 e. The van der Waals surface area contributed by atoms with E-state index in [9.17, 15) is 30.4 Å². The summed E-state index contributed by atoms with van der Waals surface area (Å²) in [5.41, 5.74) is -2.26. The summed E-state index contributed by atoms with van der Waals surface area (Å²) in [5.74, 6) is -4.84. The molecule has 9 heteroatoms. The molecule has 0 N–H and O–H groups in total. The summed E-state index contributed by atoms with van der Waals surface area (Å²) in [7, 11) is 0.915. The third kappa shape index (κ3) is 1.15. The molecule has 3 rings (SSSR count). The lowest BCUT2D eigenvalue weighted by Crippen LogP contribution is -2.77. The van der Waals surface area contributed by atoms with Gasteiger partial charge in [0.05, 0.1) is 4.75 Å². The highest BCUT2D eigenvalue weighted by atomic mass is 35.7. The van der Waals surface area contributed by atoms with Crippen LogP contribution in [-0.2, 0) is 9.05 Å². The van der Waals surface area contributed by atoms with E-state index < -0.39 is 50.6 Å². The molecule has 0 aromatic heterocycles. The highest BCUT2D eigenvalue weighted by molar-refractivity contribution is 8.15. The summed E-state index contributed by atoms with van der Waals surface area (Å²) in [6.07, 6.45) is -7.77. The summed E-state index contributed by atoms with van der Waals surface area (Å²) in [4.78, 5) is 0. The monoisotopic (exact) mass is 284 g/mol. The van der Waals surface area contributed by atoms with Gasteiger partial charge in [0.15, 0.2) is 0 Å². The van der Waals surface area contributed by atoms with Crippen LogP contribution in [0.3, 0.4) is 0 Å². The van der Waals surface area contributed by atoms with Gasteiger partial charge in [0.1, 0.15) is 0 Å². The Morgan fingerprint density at radius 1 is 1.00 bits per heavy atom. The number of hydrogen-bond donors (Lipinski definition) is 0. The molecule has 0 amide bonds. The maximum absolute atomic E-state index is 13.0. The summed E-state index contributed by atoms with van der Waals surface area (Å²) < 4.78 is 82.5. The highest BCUT2D eigenvalue weighted by Gasteiger charge is 2.87. The Hall–Kier alpha value is -0.110. The fraction of sp³-hybridized carbons (Fsp3) is 1.00. The van der Waals surface area contributed by atoms with Crippen LogP contribution >= 0.6 is 10.7 Å². The molecule has 0 saturated heterocycles. The van der Waals surface area contributed by atoms with Crippen molar-refractivity contribution in [1.82, 2.24) is 0 Å². The van der Waals surface area contributed by atoms with Gasteiger partial charge in [0, 0.05) is 16.1 Å². The van der Waals surface area contributed by atoms with Crippen LogP contribution < -0.4 is 0 Å². The molecule has 0 heterocycles. The van der Waals surface area contributed by atoms with Gasteiger partial charge in [-0.3, -0.25) is 0 Å². The molecule has 3 saturated carbocycles. The van der Waals surface area contributed by atoms with E-state index in [1.54, 1.807) is 0 Å². The van der Waals surface area contributed by atoms with E-state index in [1.165, 1.54) is 0 Å². The molecule has 0 aromatic rings. The van der Waals surface area contributed by atoms with Crippen LogP contribution in [0.5, 0.6) is 0 Å². The minimum absolute atomic E-state index is 0.710. The Morgan fingerprint density at radius 3 is 1.62 bits per heavy atom. The molecule has 0 atom stereocenters. The minimum Gasteiger partial charge on any atom is -0.212 e. The topological polar surface area (TPSA) is 34.1 Å². The van der Waals surface area contributed by atoms with Gasteiger partial charge in [0.25, 0.3) is 0 Å². The molecule has 16 heavy (non-hydrogen) atoms. The third-order valence-electron chi connectivity index (χ3n) is 3.52. The van der Waals surface area contributed by atoms with Crippen LogP contribution in [0.15, 0.2) is 0 Å². The van der Waals surface area contributed by atoms with Crippen LogP contribution in [0.4, 0.5) is 22.0 Å². The fourth-order valence-electron chi connectivity index (χ4n) is 2.59. The second kappa shape index (κ2) is 2.66. The molecular weight excluding hydrogens is 279 g/mol. The molecule has 3 fully saturated rings. The number of alkyl halides is 5. The zero-order valence-corrected chi connectivity index (χ0v) is 9.19. The molecular formula is C7H6ClF5O2S. The average Bonchev–Trinajstić information content (AvgIpc) is 1.70. The fourth-order valence-corrected chi connectivity index (χ4v) is 4.42. The Bertz CT molecular complexity index is 420. The number of halogens is 6. The number of rotatable bonds is 2. The molecule has 0 aliphatic heterocycles. The van der Waals surface area contributed by atoms with Gasteiger partial charge in [-0.2, -0.15) is 22.0 Å². The van der Waals surface area contributed by atoms with Gasteiger partial charge in [-0.25, -0.2) is 8.42 Å². The largest absolute Gasteiger partial charge is 0.453 e. The molecule has 2 nitrogen and oxygen atoms in total. The van der Waals surface area contributed by atoms with Crippen molar-refractivity contribution in [2.75, 3.05) is 0 Å². The van der Waals surface area contributed by atoms with Gasteiger partial charge in [-0.15, -0.1) is 0 Å². The minimum atomic E-state index is -5.64. The molecule has 2 bridgehead atoms. The first-order valence-corrected chi connectivity index (χ1v) is 6.57. The Labute approximate surface area is 92.2 Å². The maximum atomic E-state index is 13.0. The van der Waals surface area contributed by atoms with Crippen molar-refractivity contribution in [3.05, 3.63) is 0 Å². The van der Waals surface area contributed by atoms with E-state index in [1.807, 2.05) is 0 Å². The Morgan fingerprint density at radius 2 is 1.38 bits per heavy atom. The average molecular weight is 285 g/mol. The summed E-state index contributed by atoms with van der Waals surface area (Å²) in [6, 6.07) is 0. The third-order valence-corrected chi connectivity index (χ3v) is 5.97. The van der Waals surface area contributed by atoms with Gasteiger partial charge in [0.2, 0.25) is 9.05 Å². The van der Waals surface area contributed by atoms with E-state index in [0.717, 1.165) is 0 Å². The van der Waals surface area contributed by atoms with E-state index in [-0.39, 0.29) is 0 Å². The van der Waals surface area contributed by atoms with Gasteiger partial charge in [-0.1, -0.05) is 0 Å². The lowest BCUT2D eigenvalue weighted by atomic mass is 9.41. The highest BCUT2D eigenvalue weighted by Crippen LogP contribution is 2.78. The van der Waals surface area contributed by atoms with Crippen molar-refractivity contribution in [2.45, 2.75) is 36.1 Å². The zero-order chi connectivity index (χ0) is 12.6. The normalized spacial score (nSPS) is 38.9. The molecule has 0 aromatic carbocycles. The summed E-state index contributed by atoms with van der Waals surface area (Å²) in [6.45, 7) is 0. The second-order valence-electron chi connectivity index (χ2n) is 4.50. The Balaban J connectivity index is 2.22. The first kappa shape index (κ1) is 12.3. The van der Waals surface area contributed by atoms with Crippen LogP contribution in [0.1, 0.15) is 19.3 Å². The van der Waals surface area contributed by atoms with E-state index in [2.05, 4.69) is 0 Å². The molecule has 0 spiro atoms. The van der Waals surface area contributed by atoms with Crippen LogP contribution in [0.2, 0.25) is 0 Å². The van der Waals surface area contributed by atoms with Crippen molar-refractivity contribution in [3.8, 4) is 0 Å². The van der Waals surface area contributed by atoms with E-state index in [0.29, 0.717) is 0 Å². The van der Waals surface area contributed by atoms with E-state index >= 15 is 0 Å². The molecule has 3 aliphatic carbocycles. The molecule has 0 unspecified atom stereocenters. The Kier molecular flexibility index (Phi) is 2.05. The number of hydrogen-bond acceptors (Lipinski definition) is 2. The summed E-state index contributed by atoms with van der Waals surface area (Å²) >= 11 is 0. The first-order valence-electron chi connectivity index (χ1n) is 4.26. The van der Waals surface area contributed by atoms with Crippen molar-refractivity contribution >= 4 is 19.7 Å². The summed E-state index contributed by atoms with van der Waals surface area (Å²) in [5, 5.41) is 0. The van der Waals surface area contributed by atoms with Crippen LogP contribution in [0, 0.1) is 5.41 Å². The first-order chi connectivity index (χ1) is 6.87. The maximum Gasteiger partial charge on any atom is 0.453 e. The van der Waals surface area contributed by atoms with Gasteiger partial charge in [-0.05, 0) is 19.3 Å². The van der Waals surface area contributed by atoms with Crippen molar-refractivity contribution < 1.29 is 30.4 Å². The van der Waals surface area contributed by atoms with Gasteiger partial charge >= 0.3 is 12.1 Å². The standard InChI is InChI=1S/C7H6ClF5O2S/c8-16(14,15)5-1-4(2-5,3-5)6(9,10)7(11,12)13/h1-3H2. The van der Waals surface area contributed by atoms with Gasteiger partial charge < -0.3 is 0 Å². The second-order valence-corrected chi connectivity index (χ2v) is 7.46. The van der Waals surface area contributed by atoms with Crippen LogP contribution in [-0.4, -0.2) is 25.3 Å².